The Bertz CT molecular complexity index is 1350. The molecule has 2 aromatic heterocycles. The molecule has 3 aromatic rings. The van der Waals surface area contributed by atoms with Crippen molar-refractivity contribution in [2.45, 2.75) is 49.6 Å². The molecule has 37 heavy (non-hydrogen) atoms. The molecule has 0 bridgehead atoms. The molecule has 3 heterocycles. The van der Waals surface area contributed by atoms with Gasteiger partial charge in [0, 0.05) is 44.1 Å². The smallest absolute Gasteiger partial charge is 0.263 e. The number of thiophene rings is 1. The summed E-state index contributed by atoms with van der Waals surface area (Å²) in [5, 5.41) is 1.07. The van der Waals surface area contributed by atoms with Crippen molar-refractivity contribution < 1.29 is 4.79 Å². The maximum atomic E-state index is 13.5. The number of fused-ring (bicyclic) bond motifs is 3. The fourth-order valence-corrected chi connectivity index (χ4v) is 7.42. The van der Waals surface area contributed by atoms with Gasteiger partial charge in [-0.15, -0.1) is 17.9 Å². The highest BCUT2D eigenvalue weighted by atomic mass is 32.2. The Kier molecular flexibility index (Phi) is 8.27. The lowest BCUT2D eigenvalue weighted by Gasteiger charge is -2.35. The number of rotatable bonds is 8. The van der Waals surface area contributed by atoms with Crippen LogP contribution in [-0.4, -0.2) is 63.2 Å². The van der Waals surface area contributed by atoms with Crippen molar-refractivity contribution in [1.29, 1.82) is 0 Å². The lowest BCUT2D eigenvalue weighted by molar-refractivity contribution is -0.131. The maximum absolute atomic E-state index is 13.5. The van der Waals surface area contributed by atoms with Crippen LogP contribution in [0.4, 0.5) is 0 Å². The average molecular weight is 535 g/mol. The molecule has 1 saturated heterocycles. The maximum Gasteiger partial charge on any atom is 0.263 e. The van der Waals surface area contributed by atoms with Crippen LogP contribution in [0, 0.1) is 0 Å². The Morgan fingerprint density at radius 2 is 1.89 bits per heavy atom. The predicted octanol–water partition coefficient (Wildman–Crippen LogP) is 4.86. The van der Waals surface area contributed by atoms with Crippen LogP contribution in [0.25, 0.3) is 16.3 Å². The van der Waals surface area contributed by atoms with Crippen LogP contribution in [0.2, 0.25) is 0 Å². The molecule has 194 valence electrons. The van der Waals surface area contributed by atoms with E-state index >= 15 is 0 Å². The van der Waals surface area contributed by atoms with Crippen molar-refractivity contribution in [1.82, 2.24) is 19.4 Å². The first-order valence-corrected chi connectivity index (χ1v) is 14.8. The molecule has 0 radical (unpaired) electrons. The van der Waals surface area contributed by atoms with Gasteiger partial charge in [0.05, 0.1) is 10.6 Å². The summed E-state index contributed by atoms with van der Waals surface area (Å²) in [5.74, 6) is 0.106. The fourth-order valence-electron chi connectivity index (χ4n) is 5.12. The third-order valence-corrected chi connectivity index (χ3v) is 9.40. The number of thioether (sulfide) groups is 1. The number of piperazine rings is 1. The second-order valence-electron chi connectivity index (χ2n) is 9.69. The molecule has 0 spiro atoms. The molecule has 1 unspecified atom stereocenters. The number of hydrogen-bond donors (Lipinski definition) is 0. The molecule has 0 N–H and O–H groups in total. The van der Waals surface area contributed by atoms with Gasteiger partial charge in [-0.25, -0.2) is 4.98 Å². The third-order valence-electron chi connectivity index (χ3n) is 7.14. The van der Waals surface area contributed by atoms with Crippen LogP contribution in [0.3, 0.4) is 0 Å². The molecule has 0 saturated carbocycles. The highest BCUT2D eigenvalue weighted by Crippen LogP contribution is 2.35. The summed E-state index contributed by atoms with van der Waals surface area (Å²) < 4.78 is 1.70. The van der Waals surface area contributed by atoms with Crippen LogP contribution >= 0.6 is 23.1 Å². The number of carbonyl (C=O) groups excluding carboxylic acids is 1. The summed E-state index contributed by atoms with van der Waals surface area (Å²) in [4.78, 5) is 38.2. The average Bonchev–Trinajstić information content (AvgIpc) is 3.30. The lowest BCUT2D eigenvalue weighted by Crippen LogP contribution is -2.50. The van der Waals surface area contributed by atoms with Crippen molar-refractivity contribution >= 4 is 45.3 Å². The van der Waals surface area contributed by atoms with E-state index in [0.29, 0.717) is 24.8 Å². The predicted molar refractivity (Wildman–Crippen MR) is 155 cm³/mol. The largest absolute Gasteiger partial charge is 0.339 e. The number of aryl methyl sites for hydroxylation is 2. The van der Waals surface area contributed by atoms with Crippen LogP contribution < -0.4 is 5.56 Å². The van der Waals surface area contributed by atoms with Crippen LogP contribution in [0.1, 0.15) is 35.8 Å². The van der Waals surface area contributed by atoms with Gasteiger partial charge in [-0.2, -0.15) is 0 Å². The molecular weight excluding hydrogens is 500 g/mol. The molecule has 5 rings (SSSR count). The summed E-state index contributed by atoms with van der Waals surface area (Å²) in [7, 11) is 0. The molecule has 1 aliphatic heterocycles. The van der Waals surface area contributed by atoms with E-state index in [2.05, 4.69) is 35.8 Å². The zero-order chi connectivity index (χ0) is 25.8. The van der Waals surface area contributed by atoms with Crippen molar-refractivity contribution in [3.05, 3.63) is 75.4 Å². The SMILES string of the molecule is C=CCn1c(SC(C)C(=O)N2CCN(C/C=C/c3ccccc3)CC2)nc2sc3c(c2c1=O)CCCC3. The number of nitrogens with zero attached hydrogens (tertiary/aromatic N) is 4. The summed E-state index contributed by atoms with van der Waals surface area (Å²) in [6, 6.07) is 10.3. The number of carbonyl (C=O) groups is 1. The zero-order valence-electron chi connectivity index (χ0n) is 21.4. The van der Waals surface area contributed by atoms with Crippen molar-refractivity contribution in [2.24, 2.45) is 0 Å². The first-order valence-electron chi connectivity index (χ1n) is 13.1. The van der Waals surface area contributed by atoms with Gasteiger partial charge in [-0.1, -0.05) is 60.3 Å². The monoisotopic (exact) mass is 534 g/mol. The molecule has 1 amide bonds. The molecule has 1 aliphatic carbocycles. The number of allylic oxidation sites excluding steroid dienone is 1. The molecule has 8 heteroatoms. The second-order valence-corrected chi connectivity index (χ2v) is 12.1. The zero-order valence-corrected chi connectivity index (χ0v) is 23.0. The minimum absolute atomic E-state index is 0.00335. The van der Waals surface area contributed by atoms with Crippen molar-refractivity contribution in [2.75, 3.05) is 32.7 Å². The second kappa shape index (κ2) is 11.8. The minimum Gasteiger partial charge on any atom is -0.339 e. The van der Waals surface area contributed by atoms with E-state index < -0.39 is 0 Å². The van der Waals surface area contributed by atoms with Gasteiger partial charge in [-0.05, 0) is 43.7 Å². The Hall–Kier alpha value is -2.68. The Labute approximate surface area is 226 Å². The quantitative estimate of drug-likeness (QED) is 0.235. The summed E-state index contributed by atoms with van der Waals surface area (Å²) in [6.45, 7) is 10.2. The van der Waals surface area contributed by atoms with Gasteiger partial charge < -0.3 is 4.90 Å². The highest BCUT2D eigenvalue weighted by Gasteiger charge is 2.28. The standard InChI is InChI=1S/C29H34N4O2S2/c1-3-15-33-28(35)25-23-13-7-8-14-24(23)37-26(25)30-29(33)36-21(2)27(34)32-19-17-31(18-20-32)16-9-12-22-10-5-4-6-11-22/h3-6,9-12,21H,1,7-8,13-20H2,2H3/b12-9+. The van der Waals surface area contributed by atoms with Gasteiger partial charge in [-0.3, -0.25) is 19.1 Å². The third kappa shape index (κ3) is 5.76. The van der Waals surface area contributed by atoms with E-state index in [4.69, 9.17) is 4.98 Å². The molecule has 1 fully saturated rings. The Balaban J connectivity index is 1.24. The molecular formula is C29H34N4O2S2. The molecule has 6 nitrogen and oxygen atoms in total. The van der Waals surface area contributed by atoms with E-state index in [1.165, 1.54) is 34.2 Å². The van der Waals surface area contributed by atoms with E-state index in [1.807, 2.05) is 30.0 Å². The first-order chi connectivity index (χ1) is 18.0. The van der Waals surface area contributed by atoms with Crippen LogP contribution in [0.15, 0.2) is 59.0 Å². The highest BCUT2D eigenvalue weighted by molar-refractivity contribution is 8.00. The fraction of sp³-hybridized carbons (Fsp3) is 0.414. The van der Waals surface area contributed by atoms with E-state index in [1.54, 1.807) is 22.0 Å². The van der Waals surface area contributed by atoms with Crippen LogP contribution in [-0.2, 0) is 24.2 Å². The van der Waals surface area contributed by atoms with Crippen molar-refractivity contribution in [3.63, 3.8) is 0 Å². The summed E-state index contributed by atoms with van der Waals surface area (Å²) in [5.41, 5.74) is 2.40. The summed E-state index contributed by atoms with van der Waals surface area (Å²) in [6.07, 6.45) is 10.3. The number of amides is 1. The van der Waals surface area contributed by atoms with Gasteiger partial charge in [0.1, 0.15) is 4.83 Å². The first kappa shape index (κ1) is 25.9. The van der Waals surface area contributed by atoms with Crippen molar-refractivity contribution in [3.8, 4) is 0 Å². The molecule has 1 atom stereocenters. The number of benzene rings is 1. The van der Waals surface area contributed by atoms with Gasteiger partial charge in [0.2, 0.25) is 5.91 Å². The molecule has 2 aliphatic rings. The minimum atomic E-state index is -0.320. The van der Waals surface area contributed by atoms with Crippen LogP contribution in [0.5, 0.6) is 0 Å². The van der Waals surface area contributed by atoms with E-state index in [-0.39, 0.29) is 16.7 Å². The van der Waals surface area contributed by atoms with Gasteiger partial charge in [0.25, 0.3) is 5.56 Å². The number of hydrogen-bond acceptors (Lipinski definition) is 6. The summed E-state index contributed by atoms with van der Waals surface area (Å²) >= 11 is 3.05. The van der Waals surface area contributed by atoms with E-state index in [0.717, 1.165) is 49.1 Å². The van der Waals surface area contributed by atoms with Gasteiger partial charge >= 0.3 is 0 Å². The Morgan fingerprint density at radius 1 is 1.14 bits per heavy atom. The number of aromatic nitrogens is 2. The van der Waals surface area contributed by atoms with Gasteiger partial charge in [0.15, 0.2) is 5.16 Å². The topological polar surface area (TPSA) is 58.4 Å². The van der Waals surface area contributed by atoms with E-state index in [9.17, 15) is 9.59 Å². The molecule has 1 aromatic carbocycles. The lowest BCUT2D eigenvalue weighted by atomic mass is 9.97. The normalized spacial score (nSPS) is 17.3. The Morgan fingerprint density at radius 3 is 2.65 bits per heavy atom.